The highest BCUT2D eigenvalue weighted by Crippen LogP contribution is 2.23. The third kappa shape index (κ3) is 16.2. The van der Waals surface area contributed by atoms with Crippen molar-refractivity contribution in [3.05, 3.63) is 0 Å². The second-order valence-electron chi connectivity index (χ2n) is 5.48. The molecule has 0 aliphatic rings. The van der Waals surface area contributed by atoms with E-state index in [2.05, 4.69) is 0 Å². The van der Waals surface area contributed by atoms with Gasteiger partial charge in [0.15, 0.2) is 0 Å². The quantitative estimate of drug-likeness (QED) is 0.448. The second kappa shape index (κ2) is 13.3. The van der Waals surface area contributed by atoms with Gasteiger partial charge in [0, 0.05) is 19.3 Å². The first-order valence-corrected chi connectivity index (χ1v) is 7.17. The Labute approximate surface area is 126 Å². The fraction of sp³-hybridized carbons (Fsp3) is 0.733. The maximum atomic E-state index is 10.7. The normalized spacial score (nSPS) is 10.2. The van der Waals surface area contributed by atoms with Gasteiger partial charge in [-0.2, -0.15) is 0 Å². The number of primary amides is 1. The summed E-state index contributed by atoms with van der Waals surface area (Å²) in [6, 6.07) is 0. The lowest BCUT2D eigenvalue weighted by atomic mass is 9.87. The van der Waals surface area contributed by atoms with E-state index < -0.39 is 11.4 Å². The van der Waals surface area contributed by atoms with Gasteiger partial charge in [-0.25, -0.2) is 0 Å². The minimum absolute atomic E-state index is 0.289. The topological polar surface area (TPSA) is 115 Å². The average Bonchev–Trinajstić information content (AvgIpc) is 2.39. The number of rotatable bonds is 11. The Hall–Kier alpha value is -1.72. The number of hydrogen-bond acceptors (Lipinski definition) is 4. The van der Waals surface area contributed by atoms with Gasteiger partial charge in [0.25, 0.3) is 0 Å². The zero-order chi connectivity index (χ0) is 16.7. The lowest BCUT2D eigenvalue weighted by Crippen LogP contribution is -2.23. The van der Waals surface area contributed by atoms with Crippen LogP contribution < -0.4 is 5.73 Å². The van der Waals surface area contributed by atoms with Crippen LogP contribution in [0.25, 0.3) is 0 Å². The predicted octanol–water partition coefficient (Wildman–Crippen LogP) is 2.09. The van der Waals surface area contributed by atoms with Gasteiger partial charge in [0.2, 0.25) is 5.91 Å². The van der Waals surface area contributed by atoms with E-state index in [1.165, 1.54) is 0 Å². The van der Waals surface area contributed by atoms with Crippen molar-refractivity contribution in [2.24, 2.45) is 11.1 Å². The fourth-order valence-electron chi connectivity index (χ4n) is 1.43. The Morgan fingerprint density at radius 1 is 1.00 bits per heavy atom. The van der Waals surface area contributed by atoms with Crippen molar-refractivity contribution in [2.75, 3.05) is 0 Å². The van der Waals surface area contributed by atoms with Gasteiger partial charge >= 0.3 is 5.97 Å². The summed E-state index contributed by atoms with van der Waals surface area (Å²) >= 11 is 0. The third-order valence-electron chi connectivity index (χ3n) is 2.95. The summed E-state index contributed by atoms with van der Waals surface area (Å²) in [4.78, 5) is 40.2. The Morgan fingerprint density at radius 3 is 1.90 bits per heavy atom. The van der Waals surface area contributed by atoms with Crippen molar-refractivity contribution in [2.45, 2.75) is 65.2 Å². The SMILES string of the molecule is CC(C)(CCCCCC(N)=O)C(=O)O.O=CCCCC=O. The number of carboxylic acid groups (broad SMARTS) is 1. The van der Waals surface area contributed by atoms with Crippen molar-refractivity contribution in [1.29, 1.82) is 0 Å². The molecule has 0 spiro atoms. The molecule has 0 aromatic heterocycles. The van der Waals surface area contributed by atoms with Crippen molar-refractivity contribution in [3.8, 4) is 0 Å². The molecular formula is C15H27NO5. The molecule has 6 heteroatoms. The molecule has 3 N–H and O–H groups in total. The molecule has 21 heavy (non-hydrogen) atoms. The molecule has 1 amide bonds. The molecule has 0 radical (unpaired) electrons. The van der Waals surface area contributed by atoms with Gasteiger partial charge < -0.3 is 20.4 Å². The van der Waals surface area contributed by atoms with Gasteiger partial charge in [-0.15, -0.1) is 0 Å². The monoisotopic (exact) mass is 301 g/mol. The number of aliphatic carboxylic acids is 1. The van der Waals surface area contributed by atoms with Gasteiger partial charge in [-0.05, 0) is 33.1 Å². The number of aldehydes is 2. The summed E-state index contributed by atoms with van der Waals surface area (Å²) < 4.78 is 0. The van der Waals surface area contributed by atoms with Crippen LogP contribution in [0.2, 0.25) is 0 Å². The molecule has 0 aliphatic carbocycles. The van der Waals surface area contributed by atoms with Crippen LogP contribution in [0.4, 0.5) is 0 Å². The molecule has 0 fully saturated rings. The van der Waals surface area contributed by atoms with Crippen LogP contribution in [-0.4, -0.2) is 29.6 Å². The number of amides is 1. The summed E-state index contributed by atoms with van der Waals surface area (Å²) in [5.41, 5.74) is 4.32. The molecular weight excluding hydrogens is 274 g/mol. The second-order valence-corrected chi connectivity index (χ2v) is 5.48. The lowest BCUT2D eigenvalue weighted by molar-refractivity contribution is -0.147. The third-order valence-corrected chi connectivity index (χ3v) is 2.95. The average molecular weight is 301 g/mol. The highest BCUT2D eigenvalue weighted by atomic mass is 16.4. The molecule has 0 aliphatic heterocycles. The van der Waals surface area contributed by atoms with Crippen LogP contribution in [0.3, 0.4) is 0 Å². The van der Waals surface area contributed by atoms with Crippen LogP contribution in [0.1, 0.15) is 65.2 Å². The molecule has 0 bridgehead atoms. The number of hydrogen-bond donors (Lipinski definition) is 2. The predicted molar refractivity (Wildman–Crippen MR) is 79.7 cm³/mol. The van der Waals surface area contributed by atoms with Crippen molar-refractivity contribution >= 4 is 24.4 Å². The van der Waals surface area contributed by atoms with Crippen molar-refractivity contribution in [3.63, 3.8) is 0 Å². The van der Waals surface area contributed by atoms with Gasteiger partial charge in [0.1, 0.15) is 12.6 Å². The molecule has 0 heterocycles. The maximum absolute atomic E-state index is 10.7. The Balaban J connectivity index is 0. The zero-order valence-electron chi connectivity index (χ0n) is 13.0. The molecule has 0 atom stereocenters. The summed E-state index contributed by atoms with van der Waals surface area (Å²) in [7, 11) is 0. The zero-order valence-corrected chi connectivity index (χ0v) is 13.0. The Bertz CT molecular complexity index is 318. The largest absolute Gasteiger partial charge is 0.481 e. The minimum atomic E-state index is -0.771. The fourth-order valence-corrected chi connectivity index (χ4v) is 1.43. The van der Waals surface area contributed by atoms with Crippen molar-refractivity contribution < 1.29 is 24.3 Å². The molecule has 0 saturated carbocycles. The summed E-state index contributed by atoms with van der Waals surface area (Å²) in [6.07, 6.45) is 6.85. The van der Waals surface area contributed by atoms with E-state index in [4.69, 9.17) is 10.8 Å². The molecule has 122 valence electrons. The Kier molecular flexibility index (Phi) is 13.6. The number of unbranched alkanes of at least 4 members (excludes halogenated alkanes) is 4. The highest BCUT2D eigenvalue weighted by Gasteiger charge is 2.25. The van der Waals surface area contributed by atoms with E-state index in [1.807, 2.05) is 0 Å². The standard InChI is InChI=1S/C10H19NO3.C5H8O2/c1-10(2,9(13)14)7-5-3-4-6-8(11)12;6-4-2-1-3-5-7/h3-7H2,1-2H3,(H2,11,12)(H,13,14);4-5H,1-3H2. The first-order chi connectivity index (χ1) is 9.77. The van der Waals surface area contributed by atoms with Gasteiger partial charge in [0.05, 0.1) is 5.41 Å². The van der Waals surface area contributed by atoms with E-state index in [-0.39, 0.29) is 5.91 Å². The van der Waals surface area contributed by atoms with Crippen molar-refractivity contribution in [1.82, 2.24) is 0 Å². The summed E-state index contributed by atoms with van der Waals surface area (Å²) in [5.74, 6) is -1.06. The van der Waals surface area contributed by atoms with Crippen LogP contribution in [0.15, 0.2) is 0 Å². The molecule has 0 saturated heterocycles. The van der Waals surface area contributed by atoms with Crippen LogP contribution in [0, 0.1) is 5.41 Å². The Morgan fingerprint density at radius 2 is 1.52 bits per heavy atom. The number of nitrogens with two attached hydrogens (primary N) is 1. The van der Waals surface area contributed by atoms with Gasteiger partial charge in [-0.1, -0.05) is 12.8 Å². The van der Waals surface area contributed by atoms with E-state index >= 15 is 0 Å². The van der Waals surface area contributed by atoms with Crippen LogP contribution >= 0.6 is 0 Å². The lowest BCUT2D eigenvalue weighted by Gasteiger charge is -2.18. The van der Waals surface area contributed by atoms with E-state index in [1.54, 1.807) is 13.8 Å². The first-order valence-electron chi connectivity index (χ1n) is 7.17. The molecule has 0 aromatic carbocycles. The van der Waals surface area contributed by atoms with E-state index in [0.29, 0.717) is 32.1 Å². The molecule has 0 unspecified atom stereocenters. The number of carboxylic acids is 1. The van der Waals surface area contributed by atoms with Gasteiger partial charge in [-0.3, -0.25) is 9.59 Å². The molecule has 0 rings (SSSR count). The van der Waals surface area contributed by atoms with E-state index in [0.717, 1.165) is 31.8 Å². The minimum Gasteiger partial charge on any atom is -0.481 e. The van der Waals surface area contributed by atoms with Crippen LogP contribution in [0.5, 0.6) is 0 Å². The molecule has 0 aromatic rings. The summed E-state index contributed by atoms with van der Waals surface area (Å²) in [6.45, 7) is 3.42. The summed E-state index contributed by atoms with van der Waals surface area (Å²) in [5, 5.41) is 8.81. The number of carbonyl (C=O) groups excluding carboxylic acids is 3. The number of carbonyl (C=O) groups is 4. The first kappa shape index (κ1) is 21.6. The van der Waals surface area contributed by atoms with E-state index in [9.17, 15) is 19.2 Å². The highest BCUT2D eigenvalue weighted by molar-refractivity contribution is 5.74. The molecule has 6 nitrogen and oxygen atoms in total. The smallest absolute Gasteiger partial charge is 0.309 e. The maximum Gasteiger partial charge on any atom is 0.309 e. The van der Waals surface area contributed by atoms with Crippen LogP contribution in [-0.2, 0) is 19.2 Å².